The molecule has 0 atom stereocenters. The van der Waals surface area contributed by atoms with Crippen molar-refractivity contribution < 1.29 is 9.59 Å². The zero-order valence-corrected chi connectivity index (χ0v) is 33.7. The van der Waals surface area contributed by atoms with Gasteiger partial charge < -0.3 is 10.6 Å². The number of aromatic nitrogens is 4. The number of carbonyl (C=O) groups excluding carboxylic acids is 2. The first kappa shape index (κ1) is 42.8. The van der Waals surface area contributed by atoms with Crippen LogP contribution in [0.2, 0.25) is 0 Å². The molecule has 2 fully saturated rings. The van der Waals surface area contributed by atoms with Gasteiger partial charge in [0.2, 0.25) is 11.8 Å². The fourth-order valence-corrected chi connectivity index (χ4v) is 5.50. The Hall–Kier alpha value is -4.57. The van der Waals surface area contributed by atoms with Crippen molar-refractivity contribution in [2.45, 2.75) is 131 Å². The molecule has 286 valence electrons. The molecule has 0 saturated heterocycles. The van der Waals surface area contributed by atoms with Gasteiger partial charge in [0, 0.05) is 63.2 Å². The second-order valence-corrected chi connectivity index (χ2v) is 13.9. The third kappa shape index (κ3) is 15.9. The molecule has 0 spiro atoms. The van der Waals surface area contributed by atoms with Gasteiger partial charge in [0.15, 0.2) is 11.6 Å². The first-order valence-corrected chi connectivity index (χ1v) is 19.4. The van der Waals surface area contributed by atoms with Crippen molar-refractivity contribution in [3.63, 3.8) is 0 Å². The van der Waals surface area contributed by atoms with Crippen LogP contribution in [0, 0.1) is 0 Å². The molecule has 2 saturated carbocycles. The van der Waals surface area contributed by atoms with Crippen LogP contribution in [-0.4, -0.2) is 43.6 Å². The van der Waals surface area contributed by atoms with E-state index in [1.807, 2.05) is 77.1 Å². The van der Waals surface area contributed by atoms with E-state index in [0.717, 1.165) is 71.0 Å². The molecular formula is C42H59ClN8O2. The minimum Gasteiger partial charge on any atom is -0.309 e. The number of aliphatic imine (C=N–C) groups is 2. The van der Waals surface area contributed by atoms with E-state index in [4.69, 9.17) is 21.6 Å². The van der Waals surface area contributed by atoms with Crippen LogP contribution >= 0.6 is 11.6 Å². The van der Waals surface area contributed by atoms with Gasteiger partial charge in [-0.05, 0) is 103 Å². The molecule has 2 aromatic rings. The number of hydrogen-bond donors (Lipinski definition) is 4. The van der Waals surface area contributed by atoms with Gasteiger partial charge in [-0.1, -0.05) is 68.7 Å². The van der Waals surface area contributed by atoms with Crippen LogP contribution in [0.15, 0.2) is 92.2 Å². The Labute approximate surface area is 321 Å². The molecular weight excluding hydrogens is 684 g/mol. The van der Waals surface area contributed by atoms with Crippen molar-refractivity contribution in [2.24, 2.45) is 9.98 Å². The summed E-state index contributed by atoms with van der Waals surface area (Å²) in [5.41, 5.74) is 7.76. The molecule has 2 aliphatic rings. The molecule has 0 unspecified atom stereocenters. The van der Waals surface area contributed by atoms with Crippen molar-refractivity contribution >= 4 is 46.5 Å². The molecule has 2 aliphatic carbocycles. The Morgan fingerprint density at radius 2 is 1.23 bits per heavy atom. The summed E-state index contributed by atoms with van der Waals surface area (Å²) in [4.78, 5) is 34.1. The Morgan fingerprint density at radius 3 is 1.60 bits per heavy atom. The molecule has 53 heavy (non-hydrogen) atoms. The monoisotopic (exact) mass is 742 g/mol. The molecule has 2 heterocycles. The van der Waals surface area contributed by atoms with Crippen molar-refractivity contribution in [3.8, 4) is 0 Å². The Kier molecular flexibility index (Phi) is 18.2. The lowest BCUT2D eigenvalue weighted by Gasteiger charge is -2.07. The van der Waals surface area contributed by atoms with E-state index in [0.29, 0.717) is 28.5 Å². The third-order valence-electron chi connectivity index (χ3n) is 8.54. The van der Waals surface area contributed by atoms with Crippen molar-refractivity contribution in [1.82, 2.24) is 20.4 Å². The maximum Gasteiger partial charge on any atom is 0.231 e. The van der Waals surface area contributed by atoms with Gasteiger partial charge in [-0.25, -0.2) is 0 Å². The highest BCUT2D eigenvalue weighted by atomic mass is 35.5. The summed E-state index contributed by atoms with van der Waals surface area (Å²) in [5.74, 6) is 2.12. The van der Waals surface area contributed by atoms with Crippen molar-refractivity contribution in [2.75, 3.05) is 10.6 Å². The quantitative estimate of drug-likeness (QED) is 0.0891. The van der Waals surface area contributed by atoms with E-state index in [1.54, 1.807) is 0 Å². The summed E-state index contributed by atoms with van der Waals surface area (Å²) >= 11 is 6.18. The van der Waals surface area contributed by atoms with Gasteiger partial charge in [-0.15, -0.1) is 0 Å². The Bertz CT molecular complexity index is 1770. The molecule has 11 heteroatoms. The fourth-order valence-electron chi connectivity index (χ4n) is 5.45. The topological polar surface area (TPSA) is 140 Å². The SMILES string of the molecule is C\C=C(CC(=O)Nc1cc(C2CC2)[nH]n1)/N=C(\C=C(C)/C(Cl)=C\C)CCC.C\C=C/C(C)=C\C(CCC)=N/C(=C\C)CC(=O)Nc1cc(C2CC2)[nH]n1. The van der Waals surface area contributed by atoms with Crippen LogP contribution < -0.4 is 10.6 Å². The number of nitrogens with zero attached hydrogens (tertiary/aromatic N) is 4. The Morgan fingerprint density at radius 1 is 0.774 bits per heavy atom. The highest BCUT2D eigenvalue weighted by Gasteiger charge is 2.26. The molecule has 2 amide bonds. The van der Waals surface area contributed by atoms with E-state index in [-0.39, 0.29) is 24.7 Å². The molecule has 0 radical (unpaired) electrons. The molecule has 0 bridgehead atoms. The summed E-state index contributed by atoms with van der Waals surface area (Å²) in [6.45, 7) is 16.0. The molecule has 0 aliphatic heterocycles. The van der Waals surface area contributed by atoms with Crippen LogP contribution in [0.4, 0.5) is 11.6 Å². The van der Waals surface area contributed by atoms with Crippen LogP contribution in [0.1, 0.15) is 143 Å². The minimum absolute atomic E-state index is 0.0966. The summed E-state index contributed by atoms with van der Waals surface area (Å²) in [5, 5.41) is 20.8. The van der Waals surface area contributed by atoms with Gasteiger partial charge in [0.05, 0.1) is 12.8 Å². The number of allylic oxidation sites excluding steroid dienone is 10. The number of amides is 2. The van der Waals surface area contributed by atoms with Gasteiger partial charge in [-0.2, -0.15) is 10.2 Å². The summed E-state index contributed by atoms with van der Waals surface area (Å²) in [6.07, 6.45) is 22.7. The second-order valence-electron chi connectivity index (χ2n) is 13.5. The summed E-state index contributed by atoms with van der Waals surface area (Å²) < 4.78 is 0. The lowest BCUT2D eigenvalue weighted by Crippen LogP contribution is -2.12. The largest absolute Gasteiger partial charge is 0.309 e. The fraction of sp³-hybridized carbons (Fsp3) is 0.476. The molecule has 4 rings (SSSR count). The smallest absolute Gasteiger partial charge is 0.231 e. The van der Waals surface area contributed by atoms with E-state index in [9.17, 15) is 9.59 Å². The predicted octanol–water partition coefficient (Wildman–Crippen LogP) is 11.1. The zero-order valence-electron chi connectivity index (χ0n) is 32.9. The number of halogens is 1. The van der Waals surface area contributed by atoms with E-state index in [2.05, 4.69) is 64.0 Å². The number of hydrogen-bond acceptors (Lipinski definition) is 6. The Balaban J connectivity index is 0.000000286. The molecule has 0 aromatic carbocycles. The lowest BCUT2D eigenvalue weighted by molar-refractivity contribution is -0.116. The predicted molar refractivity (Wildman–Crippen MR) is 222 cm³/mol. The van der Waals surface area contributed by atoms with E-state index < -0.39 is 0 Å². The molecule has 2 aromatic heterocycles. The normalized spacial score (nSPS) is 16.5. The average molecular weight is 743 g/mol. The van der Waals surface area contributed by atoms with Gasteiger partial charge in [0.25, 0.3) is 0 Å². The first-order valence-electron chi connectivity index (χ1n) is 19.0. The number of anilines is 2. The second kappa shape index (κ2) is 22.5. The van der Waals surface area contributed by atoms with Crippen LogP contribution in [0.5, 0.6) is 0 Å². The van der Waals surface area contributed by atoms with Crippen LogP contribution in [0.3, 0.4) is 0 Å². The minimum atomic E-state index is -0.122. The highest BCUT2D eigenvalue weighted by Crippen LogP contribution is 2.40. The number of carbonyl (C=O) groups is 2. The summed E-state index contributed by atoms with van der Waals surface area (Å²) in [7, 11) is 0. The maximum atomic E-state index is 12.4. The standard InChI is InChI=1S/C21H29ClN4O.C21H30N4O/c1-5-8-17(11-14(4)18(22)7-3)23-16(6-2)12-21(27)24-20-13-19(25-26-20)15-9-10-15;1-5-8-15(4)12-18(9-6-2)22-17(7-3)13-21(26)23-20-14-19(24-25-20)16-10-11-16/h6-7,11,13,15H,5,8-10,12H2,1-4H3,(H2,24,25,26,27);5,7-8,12,14,16H,6,9-11,13H2,1-4H3,(H2,23,24,25,26)/b14-11-,16-6-,18-7+,23-17-;8-5-,15-12-,17-7-,22-18-. The van der Waals surface area contributed by atoms with Crippen molar-refractivity contribution in [3.05, 3.63) is 93.6 Å². The van der Waals surface area contributed by atoms with E-state index >= 15 is 0 Å². The lowest BCUT2D eigenvalue weighted by atomic mass is 10.1. The zero-order chi connectivity index (χ0) is 38.8. The van der Waals surface area contributed by atoms with Gasteiger partial charge in [-0.3, -0.25) is 29.8 Å². The van der Waals surface area contributed by atoms with Gasteiger partial charge >= 0.3 is 0 Å². The average Bonchev–Trinajstić information content (AvgIpc) is 4.07. The van der Waals surface area contributed by atoms with E-state index in [1.165, 1.54) is 25.7 Å². The van der Waals surface area contributed by atoms with Crippen molar-refractivity contribution in [1.29, 1.82) is 0 Å². The first-order chi connectivity index (χ1) is 25.5. The molecule has 4 N–H and O–H groups in total. The third-order valence-corrected chi connectivity index (χ3v) is 9.05. The number of rotatable bonds is 18. The number of nitrogens with one attached hydrogen (secondary N) is 4. The van der Waals surface area contributed by atoms with Crippen LogP contribution in [-0.2, 0) is 9.59 Å². The van der Waals surface area contributed by atoms with Gasteiger partial charge in [0.1, 0.15) is 0 Å². The van der Waals surface area contributed by atoms with Crippen LogP contribution in [0.25, 0.3) is 0 Å². The number of aromatic amines is 2. The number of H-pyrrole nitrogens is 2. The molecule has 10 nitrogen and oxygen atoms in total. The summed E-state index contributed by atoms with van der Waals surface area (Å²) in [6, 6.07) is 3.85. The highest BCUT2D eigenvalue weighted by molar-refractivity contribution is 6.32. The maximum absolute atomic E-state index is 12.4.